The molecule has 216 valence electrons. The van der Waals surface area contributed by atoms with Gasteiger partial charge in [-0.1, -0.05) is 25.0 Å². The average Bonchev–Trinajstić information content (AvgIpc) is 3.36. The molecule has 1 aromatic carbocycles. The zero-order chi connectivity index (χ0) is 29.0. The molecule has 0 spiro atoms. The summed E-state index contributed by atoms with van der Waals surface area (Å²) in [6, 6.07) is 3.91. The van der Waals surface area contributed by atoms with Gasteiger partial charge in [0.05, 0.1) is 11.3 Å². The smallest absolute Gasteiger partial charge is 0.326 e. The molecule has 12 nitrogen and oxygen atoms in total. The summed E-state index contributed by atoms with van der Waals surface area (Å²) in [6.45, 7) is 1.49. The molecule has 8 N–H and O–H groups in total. The van der Waals surface area contributed by atoms with E-state index in [4.69, 9.17) is 5.73 Å². The van der Waals surface area contributed by atoms with E-state index < -0.39 is 47.2 Å². The lowest BCUT2D eigenvalue weighted by Gasteiger charge is -2.32. The Labute approximate surface area is 227 Å². The molecular weight excluding hydrogens is 508 g/mol. The fourth-order valence-electron chi connectivity index (χ4n) is 5.03. The summed E-state index contributed by atoms with van der Waals surface area (Å²) in [6.07, 6.45) is 3.72. The Morgan fingerprint density at radius 2 is 1.59 bits per heavy atom. The number of carbonyl (C=O) groups is 5. The predicted molar refractivity (Wildman–Crippen MR) is 142 cm³/mol. The maximum atomic E-state index is 13.4. The molecule has 3 amide bonds. The maximum Gasteiger partial charge on any atom is 0.326 e. The number of carbonyl (C=O) groups excluding carboxylic acids is 3. The molecule has 3 atom stereocenters. The van der Waals surface area contributed by atoms with E-state index in [1.165, 1.54) is 19.1 Å². The summed E-state index contributed by atoms with van der Waals surface area (Å²) < 4.78 is 0. The molecule has 0 bridgehead atoms. The van der Waals surface area contributed by atoms with Crippen molar-refractivity contribution in [1.29, 1.82) is 0 Å². The number of rotatable bonds is 16. The van der Waals surface area contributed by atoms with Gasteiger partial charge in [0.1, 0.15) is 17.8 Å². The number of unbranched alkanes of at least 4 members (excludes halogenated alkanes) is 1. The quantitative estimate of drug-likeness (QED) is 0.146. The van der Waals surface area contributed by atoms with Crippen LogP contribution in [-0.2, 0) is 30.4 Å². The van der Waals surface area contributed by atoms with Crippen molar-refractivity contribution in [1.82, 2.24) is 16.0 Å². The fraction of sp³-hybridized carbons (Fsp3) is 0.593. The molecule has 1 aliphatic carbocycles. The molecule has 2 rings (SSSR count). The van der Waals surface area contributed by atoms with Gasteiger partial charge < -0.3 is 37.0 Å². The molecule has 1 fully saturated rings. The first-order chi connectivity index (χ1) is 18.5. The van der Waals surface area contributed by atoms with Gasteiger partial charge in [-0.05, 0) is 62.8 Å². The first-order valence-corrected chi connectivity index (χ1v) is 13.3. The van der Waals surface area contributed by atoms with Crippen LogP contribution in [0.15, 0.2) is 24.3 Å². The maximum absolute atomic E-state index is 13.4. The van der Waals surface area contributed by atoms with Gasteiger partial charge >= 0.3 is 11.9 Å². The molecule has 0 heterocycles. The monoisotopic (exact) mass is 548 g/mol. The highest BCUT2D eigenvalue weighted by atomic mass is 16.4. The second-order valence-corrected chi connectivity index (χ2v) is 10.2. The number of aliphatic carboxylic acids is 2. The van der Waals surface area contributed by atoms with Gasteiger partial charge in [-0.3, -0.25) is 19.2 Å². The standard InChI is InChI=1S/C27H40N4O8/c1-17(32)30-21(6-2-5-13-28)23(34)29-16-19(24(35)36)15-27(11-3-4-12-27)26(39)31-22(25(37)38)14-18-7-9-20(33)10-8-18/h7-10,19,21-22,33H,2-6,11-16,28H2,1H3,(H,29,34)(H,30,32)(H,31,39)(H,35,36)(H,37,38)/t19-,21+,22+/m1/s1. The van der Waals surface area contributed by atoms with Crippen molar-refractivity contribution in [3.05, 3.63) is 29.8 Å². The first kappa shape index (κ1) is 31.5. The van der Waals surface area contributed by atoms with Gasteiger partial charge in [-0.25, -0.2) is 4.79 Å². The van der Waals surface area contributed by atoms with Crippen molar-refractivity contribution in [3.63, 3.8) is 0 Å². The zero-order valence-corrected chi connectivity index (χ0v) is 22.3. The number of amides is 3. The summed E-state index contributed by atoms with van der Waals surface area (Å²) in [5.74, 6) is -4.91. The van der Waals surface area contributed by atoms with Gasteiger partial charge in [0, 0.05) is 19.9 Å². The van der Waals surface area contributed by atoms with Crippen molar-refractivity contribution in [2.24, 2.45) is 17.1 Å². The van der Waals surface area contributed by atoms with Crippen LogP contribution in [0.2, 0.25) is 0 Å². The summed E-state index contributed by atoms with van der Waals surface area (Å²) in [5.41, 5.74) is 5.02. The molecule has 12 heteroatoms. The van der Waals surface area contributed by atoms with Crippen LogP contribution < -0.4 is 21.7 Å². The van der Waals surface area contributed by atoms with Gasteiger partial charge in [0.25, 0.3) is 0 Å². The fourth-order valence-corrected chi connectivity index (χ4v) is 5.03. The number of benzene rings is 1. The number of nitrogens with one attached hydrogen (secondary N) is 3. The van der Waals surface area contributed by atoms with E-state index in [0.717, 1.165) is 0 Å². The Kier molecular flexibility index (Phi) is 12.2. The lowest BCUT2D eigenvalue weighted by molar-refractivity contribution is -0.147. The molecule has 1 saturated carbocycles. The number of phenols is 1. The van der Waals surface area contributed by atoms with Gasteiger partial charge in [-0.15, -0.1) is 0 Å². The molecule has 0 unspecified atom stereocenters. The summed E-state index contributed by atoms with van der Waals surface area (Å²) >= 11 is 0. The van der Waals surface area contributed by atoms with Crippen LogP contribution in [0, 0.1) is 11.3 Å². The minimum atomic E-state index is -1.24. The second-order valence-electron chi connectivity index (χ2n) is 10.2. The van der Waals surface area contributed by atoms with E-state index in [0.29, 0.717) is 57.1 Å². The van der Waals surface area contributed by atoms with Crippen LogP contribution in [0.5, 0.6) is 5.75 Å². The number of hydrogen-bond acceptors (Lipinski definition) is 7. The molecular formula is C27H40N4O8. The number of aromatic hydroxyl groups is 1. The largest absolute Gasteiger partial charge is 0.508 e. The normalized spacial score (nSPS) is 16.5. The third-order valence-corrected chi connectivity index (χ3v) is 7.17. The van der Waals surface area contributed by atoms with Crippen molar-refractivity contribution in [2.45, 2.75) is 76.8 Å². The second kappa shape index (κ2) is 15.1. The number of nitrogens with two attached hydrogens (primary N) is 1. The molecule has 1 aliphatic rings. The van der Waals surface area contributed by atoms with Crippen molar-refractivity contribution < 1.29 is 39.3 Å². The highest BCUT2D eigenvalue weighted by molar-refractivity contribution is 5.89. The highest BCUT2D eigenvalue weighted by Gasteiger charge is 2.45. The summed E-state index contributed by atoms with van der Waals surface area (Å²) in [7, 11) is 0. The minimum absolute atomic E-state index is 0.00938. The Hall–Kier alpha value is -3.67. The van der Waals surface area contributed by atoms with E-state index in [-0.39, 0.29) is 31.0 Å². The van der Waals surface area contributed by atoms with E-state index >= 15 is 0 Å². The molecule has 0 aromatic heterocycles. The van der Waals surface area contributed by atoms with Crippen molar-refractivity contribution >= 4 is 29.7 Å². The van der Waals surface area contributed by atoms with Crippen LogP contribution in [-0.4, -0.2) is 70.2 Å². The third-order valence-electron chi connectivity index (χ3n) is 7.17. The van der Waals surface area contributed by atoms with Crippen molar-refractivity contribution in [3.8, 4) is 5.75 Å². The Bertz CT molecular complexity index is 1010. The molecule has 0 aliphatic heterocycles. The number of phenolic OH excluding ortho intramolecular Hbond substituents is 1. The predicted octanol–water partition coefficient (Wildman–Crippen LogP) is 0.905. The first-order valence-electron chi connectivity index (χ1n) is 13.3. The van der Waals surface area contributed by atoms with Crippen LogP contribution in [0.1, 0.15) is 63.9 Å². The van der Waals surface area contributed by atoms with Crippen LogP contribution in [0.4, 0.5) is 0 Å². The van der Waals surface area contributed by atoms with Crippen LogP contribution >= 0.6 is 0 Å². The summed E-state index contributed by atoms with van der Waals surface area (Å²) in [5, 5.41) is 36.9. The lowest BCUT2D eigenvalue weighted by atomic mass is 9.76. The molecule has 0 radical (unpaired) electrons. The number of hydrogen-bond donors (Lipinski definition) is 7. The average molecular weight is 549 g/mol. The van der Waals surface area contributed by atoms with Crippen molar-refractivity contribution in [2.75, 3.05) is 13.1 Å². The van der Waals surface area contributed by atoms with E-state index in [1.54, 1.807) is 12.1 Å². The molecule has 0 saturated heterocycles. The summed E-state index contributed by atoms with van der Waals surface area (Å²) in [4.78, 5) is 61.8. The number of carboxylic acids is 2. The number of carboxylic acid groups (broad SMARTS) is 2. The molecule has 1 aromatic rings. The van der Waals surface area contributed by atoms with Gasteiger partial charge in [-0.2, -0.15) is 0 Å². The van der Waals surface area contributed by atoms with Crippen LogP contribution in [0.3, 0.4) is 0 Å². The SMILES string of the molecule is CC(=O)N[C@@H](CCCCN)C(=O)NC[C@@H](CC1(C(=O)N[C@@H](Cc2ccc(O)cc2)C(=O)O)CCCC1)C(=O)O. The Morgan fingerprint density at radius 3 is 2.13 bits per heavy atom. The minimum Gasteiger partial charge on any atom is -0.508 e. The molecule has 39 heavy (non-hydrogen) atoms. The van der Waals surface area contributed by atoms with E-state index in [9.17, 15) is 39.3 Å². The van der Waals surface area contributed by atoms with E-state index in [1.807, 2.05) is 0 Å². The highest BCUT2D eigenvalue weighted by Crippen LogP contribution is 2.43. The van der Waals surface area contributed by atoms with Gasteiger partial charge in [0.15, 0.2) is 0 Å². The lowest BCUT2D eigenvalue weighted by Crippen LogP contribution is -2.51. The zero-order valence-electron chi connectivity index (χ0n) is 22.3. The topological polar surface area (TPSA) is 208 Å². The van der Waals surface area contributed by atoms with Gasteiger partial charge in [0.2, 0.25) is 17.7 Å². The Morgan fingerprint density at radius 1 is 0.949 bits per heavy atom. The Balaban J connectivity index is 2.11. The third kappa shape index (κ3) is 9.86. The van der Waals surface area contributed by atoms with Crippen LogP contribution in [0.25, 0.3) is 0 Å². The van der Waals surface area contributed by atoms with E-state index in [2.05, 4.69) is 16.0 Å².